The third-order valence-corrected chi connectivity index (χ3v) is 4.96. The van der Waals surface area contributed by atoms with Crippen molar-refractivity contribution in [1.82, 2.24) is 20.0 Å². The Bertz CT molecular complexity index is 310. The maximum absolute atomic E-state index is 3.41. The zero-order chi connectivity index (χ0) is 23.5. The molecule has 0 atom stereocenters. The van der Waals surface area contributed by atoms with E-state index in [9.17, 15) is 0 Å². The number of nitrogens with zero attached hydrogens (tertiary/aromatic N) is 3. The average Bonchev–Trinajstić information content (AvgIpc) is 3.09. The summed E-state index contributed by atoms with van der Waals surface area (Å²) in [6.07, 6.45) is 2.60. The van der Waals surface area contributed by atoms with Crippen LogP contribution >= 0.6 is 0 Å². The molecule has 2 aliphatic rings. The standard InChI is InChI=1S/C10H22N2.C9H20N2.3C2H6.CH4/c1-10(2,3)12-7-5-6-11(4)8-9-12;1-9(2,3)11-7-4-5-10-6-8-11;3*1-2;/h5-9H2,1-4H3;10H,4-8H2,1-3H3;3*1-2H3;1H4. The van der Waals surface area contributed by atoms with Gasteiger partial charge in [-0.25, -0.2) is 0 Å². The smallest absolute Gasteiger partial charge is 0.0125 e. The Labute approximate surface area is 194 Å². The Balaban J connectivity index is -0.000000176. The molecule has 1 N–H and O–H groups in total. The van der Waals surface area contributed by atoms with Gasteiger partial charge >= 0.3 is 0 Å². The lowest BCUT2D eigenvalue weighted by atomic mass is 10.1. The highest BCUT2D eigenvalue weighted by Crippen LogP contribution is 2.15. The van der Waals surface area contributed by atoms with Crippen molar-refractivity contribution in [2.24, 2.45) is 0 Å². The Hall–Kier alpha value is -0.160. The summed E-state index contributed by atoms with van der Waals surface area (Å²) in [5.74, 6) is 0. The highest BCUT2D eigenvalue weighted by atomic mass is 15.2. The van der Waals surface area contributed by atoms with Crippen molar-refractivity contribution in [2.45, 2.75) is 114 Å². The first-order chi connectivity index (χ1) is 13.6. The van der Waals surface area contributed by atoms with Gasteiger partial charge in [0.15, 0.2) is 0 Å². The van der Waals surface area contributed by atoms with Gasteiger partial charge in [-0.15, -0.1) is 0 Å². The third kappa shape index (κ3) is 19.8. The van der Waals surface area contributed by atoms with Crippen LogP contribution in [0.3, 0.4) is 0 Å². The molecule has 0 aromatic rings. The van der Waals surface area contributed by atoms with E-state index in [0.717, 1.165) is 6.54 Å². The van der Waals surface area contributed by atoms with Crippen LogP contribution in [0.4, 0.5) is 0 Å². The second-order valence-electron chi connectivity index (χ2n) is 9.08. The summed E-state index contributed by atoms with van der Waals surface area (Å²) in [7, 11) is 2.21. The van der Waals surface area contributed by atoms with Crippen LogP contribution in [0, 0.1) is 0 Å². The summed E-state index contributed by atoms with van der Waals surface area (Å²) in [4.78, 5) is 7.55. The minimum Gasteiger partial charge on any atom is -0.315 e. The van der Waals surface area contributed by atoms with Crippen molar-refractivity contribution in [2.75, 3.05) is 59.4 Å². The maximum Gasteiger partial charge on any atom is 0.0125 e. The summed E-state index contributed by atoms with van der Waals surface area (Å²) in [5.41, 5.74) is 0.706. The molecule has 2 aliphatic heterocycles. The van der Waals surface area contributed by atoms with Gasteiger partial charge in [0, 0.05) is 37.3 Å². The van der Waals surface area contributed by atoms with Crippen molar-refractivity contribution in [3.8, 4) is 0 Å². The molecule has 0 aliphatic carbocycles. The second kappa shape index (κ2) is 22.0. The third-order valence-electron chi connectivity index (χ3n) is 4.96. The molecule has 0 bridgehead atoms. The average molecular weight is 433 g/mol. The first-order valence-electron chi connectivity index (χ1n) is 12.5. The molecule has 0 aromatic carbocycles. The lowest BCUT2D eigenvalue weighted by Crippen LogP contribution is -2.43. The van der Waals surface area contributed by atoms with E-state index in [2.05, 4.69) is 68.6 Å². The van der Waals surface area contributed by atoms with Crippen molar-refractivity contribution in [3.63, 3.8) is 0 Å². The molecule has 30 heavy (non-hydrogen) atoms. The summed E-state index contributed by atoms with van der Waals surface area (Å²) in [6, 6.07) is 0. The zero-order valence-corrected chi connectivity index (χ0v) is 22.9. The number of hydrogen-bond acceptors (Lipinski definition) is 4. The Kier molecular flexibility index (Phi) is 27.3. The van der Waals surface area contributed by atoms with Gasteiger partial charge < -0.3 is 10.2 Å². The van der Waals surface area contributed by atoms with Gasteiger partial charge in [0.05, 0.1) is 0 Å². The van der Waals surface area contributed by atoms with E-state index in [1.54, 1.807) is 0 Å². The van der Waals surface area contributed by atoms with E-state index in [-0.39, 0.29) is 7.43 Å². The number of rotatable bonds is 0. The van der Waals surface area contributed by atoms with Crippen LogP contribution in [0.5, 0.6) is 0 Å². The Morgan fingerprint density at radius 1 is 0.533 bits per heavy atom. The lowest BCUT2D eigenvalue weighted by Gasteiger charge is -2.34. The largest absolute Gasteiger partial charge is 0.315 e. The molecule has 2 rings (SSSR count). The van der Waals surface area contributed by atoms with Crippen LogP contribution in [0.2, 0.25) is 0 Å². The maximum atomic E-state index is 3.41. The van der Waals surface area contributed by atoms with Crippen LogP contribution < -0.4 is 5.32 Å². The minimum atomic E-state index is 0. The Morgan fingerprint density at radius 2 is 0.967 bits per heavy atom. The second-order valence-corrected chi connectivity index (χ2v) is 9.08. The molecular formula is C26H64N4. The summed E-state index contributed by atoms with van der Waals surface area (Å²) < 4.78 is 0. The first-order valence-corrected chi connectivity index (χ1v) is 12.5. The molecule has 0 radical (unpaired) electrons. The van der Waals surface area contributed by atoms with Crippen LogP contribution in [0.15, 0.2) is 0 Å². The van der Waals surface area contributed by atoms with Crippen LogP contribution in [-0.4, -0.2) is 85.2 Å². The molecule has 2 heterocycles. The summed E-state index contributed by atoms with van der Waals surface area (Å²) in [5, 5.41) is 3.41. The number of nitrogens with one attached hydrogen (secondary N) is 1. The molecule has 188 valence electrons. The van der Waals surface area contributed by atoms with E-state index < -0.39 is 0 Å². The van der Waals surface area contributed by atoms with E-state index >= 15 is 0 Å². The van der Waals surface area contributed by atoms with Gasteiger partial charge in [-0.2, -0.15) is 0 Å². The SMILES string of the molecule is C.CC.CC.CC.CC(C)(C)N1CCCNCC1.CN1CCCN(C(C)(C)C)CC1. The van der Waals surface area contributed by atoms with Crippen molar-refractivity contribution in [1.29, 1.82) is 0 Å². The molecule has 0 spiro atoms. The topological polar surface area (TPSA) is 21.8 Å². The highest BCUT2D eigenvalue weighted by Gasteiger charge is 2.23. The molecule has 4 nitrogen and oxygen atoms in total. The monoisotopic (exact) mass is 433 g/mol. The van der Waals surface area contributed by atoms with E-state index in [4.69, 9.17) is 0 Å². The molecule has 0 saturated carbocycles. The molecule has 0 unspecified atom stereocenters. The fraction of sp³-hybridized carbons (Fsp3) is 1.00. The van der Waals surface area contributed by atoms with Gasteiger partial charge in [-0.1, -0.05) is 49.0 Å². The van der Waals surface area contributed by atoms with Gasteiger partial charge in [-0.3, -0.25) is 9.80 Å². The van der Waals surface area contributed by atoms with Gasteiger partial charge in [0.25, 0.3) is 0 Å². The molecule has 2 fully saturated rings. The van der Waals surface area contributed by atoms with Gasteiger partial charge in [0.1, 0.15) is 0 Å². The number of hydrogen-bond donors (Lipinski definition) is 1. The Morgan fingerprint density at radius 3 is 1.43 bits per heavy atom. The molecule has 4 heteroatoms. The minimum absolute atomic E-state index is 0. The van der Waals surface area contributed by atoms with E-state index in [1.807, 2.05) is 41.5 Å². The quantitative estimate of drug-likeness (QED) is 0.490. The molecule has 0 amide bonds. The molecule has 0 aromatic heterocycles. The van der Waals surface area contributed by atoms with Crippen LogP contribution in [-0.2, 0) is 0 Å². The fourth-order valence-electron chi connectivity index (χ4n) is 3.23. The first kappa shape index (κ1) is 37.2. The summed E-state index contributed by atoms with van der Waals surface area (Å²) >= 11 is 0. The highest BCUT2D eigenvalue weighted by molar-refractivity contribution is 4.79. The van der Waals surface area contributed by atoms with Crippen molar-refractivity contribution in [3.05, 3.63) is 0 Å². The van der Waals surface area contributed by atoms with Crippen LogP contribution in [0.1, 0.15) is 103 Å². The predicted octanol–water partition coefficient (Wildman–Crippen LogP) is 6.22. The number of likely N-dealkylation sites (N-methyl/N-ethyl adjacent to an activating group) is 1. The normalized spacial score (nSPS) is 18.7. The van der Waals surface area contributed by atoms with E-state index in [1.165, 1.54) is 58.7 Å². The predicted molar refractivity (Wildman–Crippen MR) is 143 cm³/mol. The van der Waals surface area contributed by atoms with E-state index in [0.29, 0.717) is 11.1 Å². The molecule has 2 saturated heterocycles. The van der Waals surface area contributed by atoms with Crippen LogP contribution in [0.25, 0.3) is 0 Å². The zero-order valence-electron chi connectivity index (χ0n) is 22.9. The van der Waals surface area contributed by atoms with Crippen molar-refractivity contribution >= 4 is 0 Å². The fourth-order valence-corrected chi connectivity index (χ4v) is 3.23. The van der Waals surface area contributed by atoms with Crippen molar-refractivity contribution < 1.29 is 0 Å². The summed E-state index contributed by atoms with van der Waals surface area (Å²) in [6.45, 7) is 35.5. The van der Waals surface area contributed by atoms with Gasteiger partial charge in [-0.05, 0) is 87.6 Å². The lowest BCUT2D eigenvalue weighted by molar-refractivity contribution is 0.143. The molecular weight excluding hydrogens is 368 g/mol. The van der Waals surface area contributed by atoms with Gasteiger partial charge in [0.2, 0.25) is 0 Å².